The molecule has 1 amide bonds. The molecule has 1 aliphatic heterocycles. The number of aromatic nitrogens is 3. The zero-order valence-corrected chi connectivity index (χ0v) is 19.4. The molecular formula is C24H24N4O4S. The molecule has 0 unspecified atom stereocenters. The van der Waals surface area contributed by atoms with E-state index < -0.39 is 0 Å². The number of nitrogens with one attached hydrogen (secondary N) is 1. The highest BCUT2D eigenvalue weighted by molar-refractivity contribution is 7.20. The molecule has 170 valence electrons. The SMILES string of the molecule is CCOc1ccc2nc(-n3nc(C)c4c3NC(=O)C[C@H]4c3ccc(O)c(OCC)c3)sc2c1. The highest BCUT2D eigenvalue weighted by Crippen LogP contribution is 2.43. The van der Waals surface area contributed by atoms with E-state index in [-0.39, 0.29) is 24.0 Å². The second-order valence-corrected chi connectivity index (χ2v) is 8.79. The van der Waals surface area contributed by atoms with Gasteiger partial charge in [0.25, 0.3) is 0 Å². The van der Waals surface area contributed by atoms with Crippen molar-refractivity contribution in [3.8, 4) is 22.4 Å². The van der Waals surface area contributed by atoms with E-state index in [1.165, 1.54) is 11.3 Å². The predicted octanol–water partition coefficient (Wildman–Crippen LogP) is 4.77. The lowest BCUT2D eigenvalue weighted by molar-refractivity contribution is -0.116. The van der Waals surface area contributed by atoms with Crippen LogP contribution in [0.2, 0.25) is 0 Å². The summed E-state index contributed by atoms with van der Waals surface area (Å²) < 4.78 is 13.9. The van der Waals surface area contributed by atoms with E-state index in [0.717, 1.165) is 32.8 Å². The molecule has 0 saturated heterocycles. The molecule has 2 aromatic heterocycles. The number of phenols is 1. The fraction of sp³-hybridized carbons (Fsp3) is 0.292. The van der Waals surface area contributed by atoms with Crippen LogP contribution in [-0.2, 0) is 4.79 Å². The normalized spacial score (nSPS) is 15.4. The Morgan fingerprint density at radius 1 is 1.18 bits per heavy atom. The molecule has 0 aliphatic carbocycles. The molecule has 9 heteroatoms. The molecule has 2 N–H and O–H groups in total. The molecule has 0 spiro atoms. The predicted molar refractivity (Wildman–Crippen MR) is 127 cm³/mol. The van der Waals surface area contributed by atoms with Crippen LogP contribution in [0.1, 0.15) is 43.0 Å². The first-order chi connectivity index (χ1) is 16.0. The van der Waals surface area contributed by atoms with Gasteiger partial charge in [0, 0.05) is 17.9 Å². The summed E-state index contributed by atoms with van der Waals surface area (Å²) in [6.07, 6.45) is 0.285. The van der Waals surface area contributed by atoms with Gasteiger partial charge >= 0.3 is 0 Å². The van der Waals surface area contributed by atoms with Crippen LogP contribution in [0.4, 0.5) is 5.82 Å². The average Bonchev–Trinajstić information content (AvgIpc) is 3.35. The maximum absolute atomic E-state index is 12.7. The number of amides is 1. The van der Waals surface area contributed by atoms with Crippen LogP contribution in [0.3, 0.4) is 0 Å². The number of anilines is 1. The molecule has 8 nitrogen and oxygen atoms in total. The quantitative estimate of drug-likeness (QED) is 0.427. The van der Waals surface area contributed by atoms with Crippen LogP contribution in [0.25, 0.3) is 15.3 Å². The van der Waals surface area contributed by atoms with Crippen LogP contribution in [0.5, 0.6) is 17.2 Å². The number of phenolic OH excluding ortho intramolecular Hbond substituents is 1. The third-order valence-corrected chi connectivity index (χ3v) is 6.62. The van der Waals surface area contributed by atoms with Crippen molar-refractivity contribution in [2.24, 2.45) is 0 Å². The summed E-state index contributed by atoms with van der Waals surface area (Å²) in [6.45, 7) is 6.78. The number of carbonyl (C=O) groups is 1. The molecule has 2 aromatic carbocycles. The minimum absolute atomic E-state index is 0.0781. The van der Waals surface area contributed by atoms with Gasteiger partial charge in [0.2, 0.25) is 11.0 Å². The molecule has 1 atom stereocenters. The summed E-state index contributed by atoms with van der Waals surface area (Å²) in [4.78, 5) is 17.4. The maximum atomic E-state index is 12.7. The topological polar surface area (TPSA) is 98.5 Å². The zero-order chi connectivity index (χ0) is 23.1. The van der Waals surface area contributed by atoms with E-state index in [2.05, 4.69) is 5.32 Å². The number of thiazole rings is 1. The van der Waals surface area contributed by atoms with Gasteiger partial charge in [0.15, 0.2) is 11.5 Å². The molecule has 0 radical (unpaired) electrons. The number of carbonyl (C=O) groups excluding carboxylic acids is 1. The van der Waals surface area contributed by atoms with Crippen LogP contribution in [0.15, 0.2) is 36.4 Å². The molecular weight excluding hydrogens is 440 g/mol. The number of hydrogen-bond donors (Lipinski definition) is 2. The van der Waals surface area contributed by atoms with Crippen LogP contribution < -0.4 is 14.8 Å². The standard InChI is InChI=1S/C24H24N4O4S/c1-4-31-15-7-8-17-20(11-15)33-24(25-17)28-23-22(13(3)27-28)16(12-21(30)26-23)14-6-9-18(29)19(10-14)32-5-2/h6-11,16,29H,4-5,12H2,1-3H3,(H,26,30)/t16-/m0/s1. The Bertz CT molecular complexity index is 1360. The number of hydrogen-bond acceptors (Lipinski definition) is 7. The highest BCUT2D eigenvalue weighted by atomic mass is 32.1. The third-order valence-electron chi connectivity index (χ3n) is 5.63. The number of fused-ring (bicyclic) bond motifs is 2. The van der Waals surface area contributed by atoms with Crippen molar-refractivity contribution >= 4 is 33.3 Å². The minimum atomic E-state index is -0.207. The van der Waals surface area contributed by atoms with Crippen LogP contribution in [0, 0.1) is 6.92 Å². The molecule has 4 aromatic rings. The number of aryl methyl sites for hydroxylation is 1. The van der Waals surface area contributed by atoms with Crippen molar-refractivity contribution in [1.29, 1.82) is 0 Å². The third kappa shape index (κ3) is 3.78. The minimum Gasteiger partial charge on any atom is -0.504 e. The van der Waals surface area contributed by atoms with Crippen LogP contribution in [-0.4, -0.2) is 39.0 Å². The van der Waals surface area contributed by atoms with E-state index in [4.69, 9.17) is 19.6 Å². The highest BCUT2D eigenvalue weighted by Gasteiger charge is 2.33. The summed E-state index contributed by atoms with van der Waals surface area (Å²) in [5, 5.41) is 18.5. The lowest BCUT2D eigenvalue weighted by atomic mass is 9.85. The number of aromatic hydroxyl groups is 1. The molecule has 0 fully saturated rings. The summed E-state index contributed by atoms with van der Waals surface area (Å²) >= 11 is 1.49. The van der Waals surface area contributed by atoms with E-state index in [1.807, 2.05) is 45.0 Å². The van der Waals surface area contributed by atoms with Gasteiger partial charge in [-0.2, -0.15) is 9.78 Å². The van der Waals surface area contributed by atoms with Crippen molar-refractivity contribution in [1.82, 2.24) is 14.8 Å². The Labute approximate surface area is 194 Å². The number of rotatable bonds is 6. The van der Waals surface area contributed by atoms with Crippen molar-refractivity contribution in [3.05, 3.63) is 53.2 Å². The molecule has 1 aliphatic rings. The Kier molecular flexibility index (Phi) is 5.41. The summed E-state index contributed by atoms with van der Waals surface area (Å²) in [5.41, 5.74) is 3.49. The lowest BCUT2D eigenvalue weighted by Crippen LogP contribution is -2.25. The Morgan fingerprint density at radius 3 is 2.79 bits per heavy atom. The molecule has 5 rings (SSSR count). The number of benzene rings is 2. The summed E-state index contributed by atoms with van der Waals surface area (Å²) in [5.74, 6) is 1.60. The van der Waals surface area contributed by atoms with Gasteiger partial charge in [0.1, 0.15) is 11.6 Å². The van der Waals surface area contributed by atoms with E-state index in [0.29, 0.717) is 29.9 Å². The van der Waals surface area contributed by atoms with E-state index in [1.54, 1.807) is 16.8 Å². The molecule has 0 saturated carbocycles. The molecule has 3 heterocycles. The van der Waals surface area contributed by atoms with Crippen molar-refractivity contribution in [2.45, 2.75) is 33.1 Å². The smallest absolute Gasteiger partial charge is 0.226 e. The number of nitrogens with zero attached hydrogens (tertiary/aromatic N) is 3. The first kappa shape index (κ1) is 21.3. The fourth-order valence-electron chi connectivity index (χ4n) is 4.23. The first-order valence-electron chi connectivity index (χ1n) is 10.9. The monoisotopic (exact) mass is 464 g/mol. The van der Waals surface area contributed by atoms with Crippen molar-refractivity contribution in [3.63, 3.8) is 0 Å². The second kappa shape index (κ2) is 8.40. The van der Waals surface area contributed by atoms with Gasteiger partial charge in [-0.1, -0.05) is 17.4 Å². The Balaban J connectivity index is 1.60. The van der Waals surface area contributed by atoms with Crippen molar-refractivity contribution in [2.75, 3.05) is 18.5 Å². The fourth-order valence-corrected chi connectivity index (χ4v) is 5.18. The summed E-state index contributed by atoms with van der Waals surface area (Å²) in [6, 6.07) is 11.0. The van der Waals surface area contributed by atoms with Gasteiger partial charge in [-0.3, -0.25) is 4.79 Å². The van der Waals surface area contributed by atoms with Crippen molar-refractivity contribution < 1.29 is 19.4 Å². The van der Waals surface area contributed by atoms with Crippen LogP contribution >= 0.6 is 11.3 Å². The zero-order valence-electron chi connectivity index (χ0n) is 18.6. The second-order valence-electron chi connectivity index (χ2n) is 7.78. The molecule has 33 heavy (non-hydrogen) atoms. The van der Waals surface area contributed by atoms with Gasteiger partial charge < -0.3 is 19.9 Å². The molecule has 0 bridgehead atoms. The van der Waals surface area contributed by atoms with Gasteiger partial charge in [-0.15, -0.1) is 0 Å². The number of ether oxygens (including phenoxy) is 2. The average molecular weight is 465 g/mol. The Morgan fingerprint density at radius 2 is 2.00 bits per heavy atom. The van der Waals surface area contributed by atoms with E-state index >= 15 is 0 Å². The summed E-state index contributed by atoms with van der Waals surface area (Å²) in [7, 11) is 0. The van der Waals surface area contributed by atoms with E-state index in [9.17, 15) is 9.90 Å². The van der Waals surface area contributed by atoms with Gasteiger partial charge in [-0.25, -0.2) is 4.98 Å². The maximum Gasteiger partial charge on any atom is 0.226 e. The van der Waals surface area contributed by atoms with Gasteiger partial charge in [0.05, 0.1) is 29.1 Å². The first-order valence-corrected chi connectivity index (χ1v) is 11.7. The Hall–Kier alpha value is -3.59. The largest absolute Gasteiger partial charge is 0.504 e. The lowest BCUT2D eigenvalue weighted by Gasteiger charge is -2.24. The van der Waals surface area contributed by atoms with Gasteiger partial charge in [-0.05, 0) is 56.7 Å².